The number of hydrogen-bond donors (Lipinski definition) is 1. The fourth-order valence-corrected chi connectivity index (χ4v) is 3.96. The number of furan rings is 1. The van der Waals surface area contributed by atoms with Gasteiger partial charge in [0.25, 0.3) is 5.56 Å². The number of carbonyl (C=O) groups is 1. The van der Waals surface area contributed by atoms with E-state index < -0.39 is 0 Å². The van der Waals surface area contributed by atoms with E-state index in [1.165, 1.54) is 4.57 Å². The fraction of sp³-hybridized carbons (Fsp3) is 0.269. The summed E-state index contributed by atoms with van der Waals surface area (Å²) in [6, 6.07) is 18.8. The average Bonchev–Trinajstić information content (AvgIpc) is 3.34. The van der Waals surface area contributed by atoms with E-state index in [4.69, 9.17) is 4.42 Å². The van der Waals surface area contributed by atoms with Gasteiger partial charge in [-0.25, -0.2) is 4.79 Å². The predicted octanol–water partition coefficient (Wildman–Crippen LogP) is 3.60. The third kappa shape index (κ3) is 5.31. The number of unbranched alkanes of at least 4 members (excludes halogenated alkanes) is 1. The number of rotatable bonds is 9. The Morgan fingerprint density at radius 3 is 2.61 bits per heavy atom. The molecule has 0 spiro atoms. The first-order chi connectivity index (χ1) is 16.0. The largest absolute Gasteiger partial charge is 0.467 e. The monoisotopic (exact) mass is 445 g/mol. The van der Waals surface area contributed by atoms with Gasteiger partial charge in [0.1, 0.15) is 5.76 Å². The number of carbonyl (C=O) groups excluding carboxylic acids is 1. The SMILES string of the molecule is Cc1cccc(Cn2c(=O)n(CCCCC(=O)NCc3ccco3)c(=O)c3ccccc32)c1. The van der Waals surface area contributed by atoms with Crippen molar-refractivity contribution < 1.29 is 9.21 Å². The first-order valence-electron chi connectivity index (χ1n) is 11.1. The number of nitrogens with zero attached hydrogens (tertiary/aromatic N) is 2. The molecule has 0 atom stereocenters. The highest BCUT2D eigenvalue weighted by atomic mass is 16.3. The smallest absolute Gasteiger partial charge is 0.331 e. The molecule has 0 aliphatic carbocycles. The van der Waals surface area contributed by atoms with Crippen molar-refractivity contribution in [3.05, 3.63) is 105 Å². The van der Waals surface area contributed by atoms with Crippen LogP contribution in [0.15, 0.2) is 80.9 Å². The maximum atomic E-state index is 13.3. The number of amides is 1. The summed E-state index contributed by atoms with van der Waals surface area (Å²) in [5, 5.41) is 3.32. The Balaban J connectivity index is 1.48. The van der Waals surface area contributed by atoms with Gasteiger partial charge >= 0.3 is 5.69 Å². The van der Waals surface area contributed by atoms with E-state index in [1.54, 1.807) is 35.1 Å². The second-order valence-electron chi connectivity index (χ2n) is 8.14. The Morgan fingerprint density at radius 1 is 0.970 bits per heavy atom. The van der Waals surface area contributed by atoms with Crippen LogP contribution in [0.25, 0.3) is 10.9 Å². The molecule has 1 amide bonds. The maximum Gasteiger partial charge on any atom is 0.331 e. The van der Waals surface area contributed by atoms with E-state index in [1.807, 2.05) is 43.3 Å². The van der Waals surface area contributed by atoms with Crippen LogP contribution in [0.4, 0.5) is 0 Å². The lowest BCUT2D eigenvalue weighted by Crippen LogP contribution is -2.40. The molecule has 0 unspecified atom stereocenters. The summed E-state index contributed by atoms with van der Waals surface area (Å²) >= 11 is 0. The molecular weight excluding hydrogens is 418 g/mol. The van der Waals surface area contributed by atoms with Gasteiger partial charge in [0, 0.05) is 13.0 Å². The third-order valence-corrected chi connectivity index (χ3v) is 5.63. The average molecular weight is 446 g/mol. The zero-order valence-electron chi connectivity index (χ0n) is 18.6. The van der Waals surface area contributed by atoms with Crippen LogP contribution in [0.5, 0.6) is 0 Å². The minimum atomic E-state index is -0.331. The van der Waals surface area contributed by atoms with Crippen molar-refractivity contribution in [3.8, 4) is 0 Å². The highest BCUT2D eigenvalue weighted by Crippen LogP contribution is 2.12. The summed E-state index contributed by atoms with van der Waals surface area (Å²) in [5.41, 5.74) is 2.12. The molecule has 1 N–H and O–H groups in total. The van der Waals surface area contributed by atoms with E-state index in [0.717, 1.165) is 11.1 Å². The normalized spacial score (nSPS) is 11.1. The molecular formula is C26H27N3O4. The first-order valence-corrected chi connectivity index (χ1v) is 11.1. The maximum absolute atomic E-state index is 13.3. The second-order valence-corrected chi connectivity index (χ2v) is 8.14. The molecule has 0 fully saturated rings. The van der Waals surface area contributed by atoms with Gasteiger partial charge in [-0.2, -0.15) is 0 Å². The Kier molecular flexibility index (Phi) is 6.88. The number of para-hydroxylation sites is 1. The van der Waals surface area contributed by atoms with Gasteiger partial charge < -0.3 is 9.73 Å². The Hall–Kier alpha value is -3.87. The van der Waals surface area contributed by atoms with E-state index in [0.29, 0.717) is 49.0 Å². The minimum absolute atomic E-state index is 0.0888. The summed E-state index contributed by atoms with van der Waals surface area (Å²) in [7, 11) is 0. The minimum Gasteiger partial charge on any atom is -0.467 e. The highest BCUT2D eigenvalue weighted by molar-refractivity contribution is 5.78. The molecule has 0 saturated carbocycles. The predicted molar refractivity (Wildman–Crippen MR) is 127 cm³/mol. The summed E-state index contributed by atoms with van der Waals surface area (Å²) in [5.74, 6) is 0.606. The van der Waals surface area contributed by atoms with Crippen LogP contribution in [0.3, 0.4) is 0 Å². The van der Waals surface area contributed by atoms with Crippen molar-refractivity contribution >= 4 is 16.8 Å². The topological polar surface area (TPSA) is 86.2 Å². The third-order valence-electron chi connectivity index (χ3n) is 5.63. The summed E-state index contributed by atoms with van der Waals surface area (Å²) in [6.07, 6.45) is 3.00. The zero-order chi connectivity index (χ0) is 23.2. The highest BCUT2D eigenvalue weighted by Gasteiger charge is 2.13. The molecule has 2 aromatic carbocycles. The van der Waals surface area contributed by atoms with Crippen molar-refractivity contribution in [2.24, 2.45) is 0 Å². The Morgan fingerprint density at radius 2 is 1.82 bits per heavy atom. The number of hydrogen-bond acceptors (Lipinski definition) is 4. The standard InChI is InChI=1S/C26H27N3O4/c1-19-8-6-9-20(16-19)18-29-23-12-3-2-11-22(23)25(31)28(26(29)32)14-5-4-13-24(30)27-17-21-10-7-15-33-21/h2-3,6-12,15-16H,4-5,13-14,17-18H2,1H3,(H,27,30). The lowest BCUT2D eigenvalue weighted by atomic mass is 10.1. The molecule has 0 aliphatic heterocycles. The van der Waals surface area contributed by atoms with Crippen LogP contribution in [-0.4, -0.2) is 15.0 Å². The van der Waals surface area contributed by atoms with Crippen molar-refractivity contribution in [1.29, 1.82) is 0 Å². The van der Waals surface area contributed by atoms with Crippen molar-refractivity contribution in [2.45, 2.75) is 45.8 Å². The first kappa shape index (κ1) is 22.3. The van der Waals surface area contributed by atoms with E-state index in [-0.39, 0.29) is 23.7 Å². The van der Waals surface area contributed by atoms with Gasteiger partial charge in [0.2, 0.25) is 5.91 Å². The quantitative estimate of drug-likeness (QED) is 0.399. The lowest BCUT2D eigenvalue weighted by molar-refractivity contribution is -0.121. The number of aromatic nitrogens is 2. The molecule has 0 radical (unpaired) electrons. The number of aryl methyl sites for hydroxylation is 1. The van der Waals surface area contributed by atoms with Gasteiger partial charge in [0.15, 0.2) is 0 Å². The van der Waals surface area contributed by atoms with E-state index in [9.17, 15) is 14.4 Å². The van der Waals surface area contributed by atoms with Gasteiger partial charge in [-0.05, 0) is 49.6 Å². The number of nitrogens with one attached hydrogen (secondary N) is 1. The van der Waals surface area contributed by atoms with E-state index >= 15 is 0 Å². The van der Waals surface area contributed by atoms with Crippen LogP contribution >= 0.6 is 0 Å². The molecule has 2 aromatic heterocycles. The molecule has 7 nitrogen and oxygen atoms in total. The zero-order valence-corrected chi connectivity index (χ0v) is 18.6. The van der Waals surface area contributed by atoms with Gasteiger partial charge in [-0.3, -0.25) is 18.7 Å². The van der Waals surface area contributed by atoms with Crippen LogP contribution in [0, 0.1) is 6.92 Å². The van der Waals surface area contributed by atoms with Crippen LogP contribution in [0.1, 0.15) is 36.1 Å². The molecule has 0 saturated heterocycles. The lowest BCUT2D eigenvalue weighted by Gasteiger charge is -2.14. The molecule has 0 aliphatic rings. The summed E-state index contributed by atoms with van der Waals surface area (Å²) in [6.45, 7) is 3.01. The van der Waals surface area contributed by atoms with Crippen LogP contribution in [-0.2, 0) is 24.4 Å². The van der Waals surface area contributed by atoms with Crippen molar-refractivity contribution in [3.63, 3.8) is 0 Å². The van der Waals surface area contributed by atoms with Crippen molar-refractivity contribution in [2.75, 3.05) is 0 Å². The molecule has 4 rings (SSSR count). The number of fused-ring (bicyclic) bond motifs is 1. The molecule has 0 bridgehead atoms. The molecule has 170 valence electrons. The van der Waals surface area contributed by atoms with Gasteiger partial charge in [-0.1, -0.05) is 42.0 Å². The van der Waals surface area contributed by atoms with Gasteiger partial charge in [0.05, 0.1) is 30.3 Å². The molecule has 33 heavy (non-hydrogen) atoms. The number of benzene rings is 2. The van der Waals surface area contributed by atoms with E-state index in [2.05, 4.69) is 5.32 Å². The molecule has 4 aromatic rings. The summed E-state index contributed by atoms with van der Waals surface area (Å²) < 4.78 is 8.14. The second kappa shape index (κ2) is 10.2. The fourth-order valence-electron chi connectivity index (χ4n) is 3.96. The Bertz CT molecular complexity index is 1370. The van der Waals surface area contributed by atoms with Crippen molar-refractivity contribution in [1.82, 2.24) is 14.5 Å². The van der Waals surface area contributed by atoms with Crippen LogP contribution < -0.4 is 16.6 Å². The molecule has 2 heterocycles. The Labute approximate surface area is 191 Å². The molecule has 7 heteroatoms. The van der Waals surface area contributed by atoms with Gasteiger partial charge in [-0.15, -0.1) is 0 Å². The summed E-state index contributed by atoms with van der Waals surface area (Å²) in [4.78, 5) is 38.4. The van der Waals surface area contributed by atoms with Crippen LogP contribution in [0.2, 0.25) is 0 Å².